The van der Waals surface area contributed by atoms with Crippen LogP contribution in [-0.2, 0) is 11.7 Å². The Kier molecular flexibility index (Phi) is 3.22. The van der Waals surface area contributed by atoms with Gasteiger partial charge >= 0.3 is 6.18 Å². The summed E-state index contributed by atoms with van der Waals surface area (Å²) in [5, 5.41) is 0. The Hall–Kier alpha value is -0.810. The van der Waals surface area contributed by atoms with E-state index in [0.29, 0.717) is 12.8 Å². The summed E-state index contributed by atoms with van der Waals surface area (Å²) in [6, 6.07) is 2.36. The molecule has 0 unspecified atom stereocenters. The molecule has 1 aliphatic carbocycles. The van der Waals surface area contributed by atoms with Gasteiger partial charge in [0.25, 0.3) is 0 Å². The van der Waals surface area contributed by atoms with Gasteiger partial charge in [0, 0.05) is 11.1 Å². The minimum absolute atomic E-state index is 0. The highest BCUT2D eigenvalue weighted by molar-refractivity contribution is 5.85. The van der Waals surface area contributed by atoms with Gasteiger partial charge in [0.15, 0.2) is 0 Å². The monoisotopic (exact) mass is 255 g/mol. The standard InChI is InChI=1S/C10H9F4N.ClH/c11-8-2-1-6(10(12,13)14)5-7(8)9(15)3-4-9;/h1-2,5H,3-4,15H2;1H. The van der Waals surface area contributed by atoms with E-state index in [4.69, 9.17) is 5.73 Å². The average Bonchev–Trinajstić information content (AvgIpc) is 2.83. The molecule has 0 spiro atoms. The first-order chi connectivity index (χ1) is 6.83. The van der Waals surface area contributed by atoms with E-state index >= 15 is 0 Å². The molecule has 16 heavy (non-hydrogen) atoms. The molecule has 0 saturated heterocycles. The van der Waals surface area contributed by atoms with E-state index in [2.05, 4.69) is 0 Å². The number of halogens is 5. The maximum atomic E-state index is 13.2. The van der Waals surface area contributed by atoms with Crippen LogP contribution in [0.1, 0.15) is 24.0 Å². The van der Waals surface area contributed by atoms with Gasteiger partial charge < -0.3 is 5.73 Å². The van der Waals surface area contributed by atoms with E-state index in [1.54, 1.807) is 0 Å². The molecule has 0 heterocycles. The SMILES string of the molecule is Cl.NC1(c2cc(C(F)(F)F)ccc2F)CC1. The highest BCUT2D eigenvalue weighted by Gasteiger charge is 2.43. The van der Waals surface area contributed by atoms with Gasteiger partial charge in [0.05, 0.1) is 5.56 Å². The fourth-order valence-electron chi connectivity index (χ4n) is 1.49. The molecule has 0 aliphatic heterocycles. The zero-order valence-electron chi connectivity index (χ0n) is 8.14. The molecule has 1 saturated carbocycles. The Morgan fingerprint density at radius 1 is 1.19 bits per heavy atom. The number of benzene rings is 1. The van der Waals surface area contributed by atoms with Crippen LogP contribution in [0.4, 0.5) is 17.6 Å². The van der Waals surface area contributed by atoms with Crippen LogP contribution in [0.3, 0.4) is 0 Å². The second-order valence-electron chi connectivity index (χ2n) is 3.85. The molecule has 90 valence electrons. The maximum absolute atomic E-state index is 13.2. The largest absolute Gasteiger partial charge is 0.416 e. The number of hydrogen-bond acceptors (Lipinski definition) is 1. The lowest BCUT2D eigenvalue weighted by molar-refractivity contribution is -0.137. The summed E-state index contributed by atoms with van der Waals surface area (Å²) in [6.45, 7) is 0. The highest BCUT2D eigenvalue weighted by Crippen LogP contribution is 2.45. The second-order valence-corrected chi connectivity index (χ2v) is 3.85. The van der Waals surface area contributed by atoms with Gasteiger partial charge in [-0.2, -0.15) is 13.2 Å². The van der Waals surface area contributed by atoms with E-state index in [9.17, 15) is 17.6 Å². The molecule has 1 aromatic carbocycles. The molecule has 1 fully saturated rings. The van der Waals surface area contributed by atoms with Crippen molar-refractivity contribution < 1.29 is 17.6 Å². The zero-order valence-corrected chi connectivity index (χ0v) is 8.96. The first-order valence-corrected chi connectivity index (χ1v) is 4.49. The van der Waals surface area contributed by atoms with Crippen LogP contribution in [0.25, 0.3) is 0 Å². The van der Waals surface area contributed by atoms with Crippen LogP contribution < -0.4 is 5.73 Å². The van der Waals surface area contributed by atoms with E-state index in [0.717, 1.165) is 18.2 Å². The minimum Gasteiger partial charge on any atom is -0.321 e. The van der Waals surface area contributed by atoms with Gasteiger partial charge in [-0.1, -0.05) is 0 Å². The van der Waals surface area contributed by atoms with Crippen molar-refractivity contribution in [1.82, 2.24) is 0 Å². The summed E-state index contributed by atoms with van der Waals surface area (Å²) in [6.07, 6.45) is -3.38. The average molecular weight is 256 g/mol. The molecule has 0 bridgehead atoms. The minimum atomic E-state index is -4.45. The molecule has 0 radical (unpaired) electrons. The Morgan fingerprint density at radius 2 is 1.75 bits per heavy atom. The molecular formula is C10H10ClF4N. The Bertz CT molecular complexity index is 398. The van der Waals surface area contributed by atoms with Crippen molar-refractivity contribution in [3.63, 3.8) is 0 Å². The summed E-state index contributed by atoms with van der Waals surface area (Å²) in [5.41, 5.74) is 3.91. The van der Waals surface area contributed by atoms with Crippen molar-refractivity contribution in [2.24, 2.45) is 5.73 Å². The van der Waals surface area contributed by atoms with E-state index in [1.165, 1.54) is 0 Å². The van der Waals surface area contributed by atoms with Gasteiger partial charge in [-0.05, 0) is 31.0 Å². The predicted octanol–water partition coefficient (Wildman–Crippen LogP) is 3.21. The van der Waals surface area contributed by atoms with Crippen molar-refractivity contribution in [2.45, 2.75) is 24.6 Å². The van der Waals surface area contributed by atoms with Crippen LogP contribution in [0.15, 0.2) is 18.2 Å². The first kappa shape index (κ1) is 13.3. The zero-order chi connectivity index (χ0) is 11.3. The molecule has 6 heteroatoms. The predicted molar refractivity (Wildman–Crippen MR) is 53.7 cm³/mol. The van der Waals surface area contributed by atoms with Gasteiger partial charge in [0.2, 0.25) is 0 Å². The summed E-state index contributed by atoms with van der Waals surface area (Å²) in [4.78, 5) is 0. The summed E-state index contributed by atoms with van der Waals surface area (Å²) in [5.74, 6) is -0.664. The third-order valence-electron chi connectivity index (χ3n) is 2.62. The number of hydrogen-bond donors (Lipinski definition) is 1. The van der Waals surface area contributed by atoms with Crippen molar-refractivity contribution in [2.75, 3.05) is 0 Å². The lowest BCUT2D eigenvalue weighted by atomic mass is 10.0. The van der Waals surface area contributed by atoms with Crippen LogP contribution in [0.2, 0.25) is 0 Å². The third-order valence-corrected chi connectivity index (χ3v) is 2.62. The highest BCUT2D eigenvalue weighted by atomic mass is 35.5. The van der Waals surface area contributed by atoms with Gasteiger partial charge in [-0.3, -0.25) is 0 Å². The van der Waals surface area contributed by atoms with E-state index < -0.39 is 23.1 Å². The Balaban J connectivity index is 0.00000128. The van der Waals surface area contributed by atoms with Crippen molar-refractivity contribution in [1.29, 1.82) is 0 Å². The summed E-state index contributed by atoms with van der Waals surface area (Å²) in [7, 11) is 0. The van der Waals surface area contributed by atoms with Gasteiger partial charge in [0.1, 0.15) is 5.82 Å². The molecule has 0 atom stereocenters. The molecule has 1 aliphatic rings. The second kappa shape index (κ2) is 3.89. The maximum Gasteiger partial charge on any atom is 0.416 e. The van der Waals surface area contributed by atoms with Crippen molar-refractivity contribution in [3.8, 4) is 0 Å². The van der Waals surface area contributed by atoms with Crippen LogP contribution in [0.5, 0.6) is 0 Å². The Morgan fingerprint density at radius 3 is 2.19 bits per heavy atom. The van der Waals surface area contributed by atoms with Crippen molar-refractivity contribution in [3.05, 3.63) is 35.1 Å². The molecule has 1 aromatic rings. The van der Waals surface area contributed by atoms with Gasteiger partial charge in [-0.15, -0.1) is 12.4 Å². The number of rotatable bonds is 1. The van der Waals surface area contributed by atoms with Gasteiger partial charge in [-0.25, -0.2) is 4.39 Å². The first-order valence-electron chi connectivity index (χ1n) is 4.49. The fraction of sp³-hybridized carbons (Fsp3) is 0.400. The lowest BCUT2D eigenvalue weighted by Gasteiger charge is -2.13. The van der Waals surface area contributed by atoms with Crippen molar-refractivity contribution >= 4 is 12.4 Å². The van der Waals surface area contributed by atoms with Crippen LogP contribution in [0, 0.1) is 5.82 Å². The quantitative estimate of drug-likeness (QED) is 0.766. The normalized spacial score (nSPS) is 17.8. The lowest BCUT2D eigenvalue weighted by Crippen LogP contribution is -2.21. The van der Waals surface area contributed by atoms with Crippen LogP contribution >= 0.6 is 12.4 Å². The van der Waals surface area contributed by atoms with E-state index in [-0.39, 0.29) is 18.0 Å². The molecule has 2 rings (SSSR count). The van der Waals surface area contributed by atoms with Crippen LogP contribution in [-0.4, -0.2) is 0 Å². The molecule has 1 nitrogen and oxygen atoms in total. The molecule has 0 amide bonds. The fourth-order valence-corrected chi connectivity index (χ4v) is 1.49. The topological polar surface area (TPSA) is 26.0 Å². The third kappa shape index (κ3) is 2.30. The Labute approximate surface area is 96.0 Å². The molecular weight excluding hydrogens is 246 g/mol. The summed E-state index contributed by atoms with van der Waals surface area (Å²) < 4.78 is 50.3. The number of nitrogens with two attached hydrogens (primary N) is 1. The smallest absolute Gasteiger partial charge is 0.321 e. The van der Waals surface area contributed by atoms with E-state index in [1.807, 2.05) is 0 Å². The summed E-state index contributed by atoms with van der Waals surface area (Å²) >= 11 is 0. The molecule has 2 N–H and O–H groups in total. The molecule has 0 aromatic heterocycles. The number of alkyl halides is 3.